The first-order chi connectivity index (χ1) is 11.0. The summed E-state index contributed by atoms with van der Waals surface area (Å²) in [6.07, 6.45) is -1.83. The van der Waals surface area contributed by atoms with E-state index in [-0.39, 0.29) is 5.59 Å². The van der Waals surface area contributed by atoms with E-state index in [0.29, 0.717) is 13.0 Å². The molecule has 0 amide bonds. The molecule has 0 aromatic carbocycles. The van der Waals surface area contributed by atoms with E-state index in [1.54, 1.807) is 27.7 Å². The van der Waals surface area contributed by atoms with Gasteiger partial charge in [0.15, 0.2) is 0 Å². The highest BCUT2D eigenvalue weighted by Crippen LogP contribution is 2.38. The quantitative estimate of drug-likeness (QED) is 0.773. The zero-order chi connectivity index (χ0) is 17.8. The summed E-state index contributed by atoms with van der Waals surface area (Å²) >= 11 is 0. The van der Waals surface area contributed by atoms with Crippen molar-refractivity contribution in [3.63, 3.8) is 0 Å². The Morgan fingerprint density at radius 2 is 1.79 bits per heavy atom. The number of rotatable bonds is 2. The highest BCUT2D eigenvalue weighted by molar-refractivity contribution is 6.61. The van der Waals surface area contributed by atoms with Gasteiger partial charge in [-0.3, -0.25) is 0 Å². The molecule has 1 aromatic rings. The largest absolute Gasteiger partial charge is 0.514 e. The van der Waals surface area contributed by atoms with Crippen LogP contribution in [-0.4, -0.2) is 34.7 Å². The molecule has 0 saturated carbocycles. The van der Waals surface area contributed by atoms with E-state index < -0.39 is 36.3 Å². The average Bonchev–Trinajstić information content (AvgIpc) is 2.99. The van der Waals surface area contributed by atoms with Gasteiger partial charge in [0.05, 0.1) is 28.6 Å². The number of nitrogens with zero attached hydrogens (tertiary/aromatic N) is 2. The minimum atomic E-state index is -4.54. The first-order valence-corrected chi connectivity index (χ1v) is 8.15. The molecular formula is C15H22BF3N2O3. The van der Waals surface area contributed by atoms with E-state index in [1.165, 1.54) is 4.68 Å². The second-order valence-corrected chi connectivity index (χ2v) is 7.30. The Morgan fingerprint density at radius 1 is 1.17 bits per heavy atom. The topological polar surface area (TPSA) is 45.5 Å². The van der Waals surface area contributed by atoms with Crippen molar-refractivity contribution in [1.29, 1.82) is 0 Å². The van der Waals surface area contributed by atoms with Crippen molar-refractivity contribution in [2.45, 2.75) is 70.6 Å². The van der Waals surface area contributed by atoms with Crippen molar-refractivity contribution in [2.24, 2.45) is 0 Å². The van der Waals surface area contributed by atoms with Crippen LogP contribution in [-0.2, 0) is 20.2 Å². The van der Waals surface area contributed by atoms with Crippen LogP contribution >= 0.6 is 0 Å². The minimum absolute atomic E-state index is 0.118. The van der Waals surface area contributed by atoms with Crippen LogP contribution < -0.4 is 5.59 Å². The molecule has 0 bridgehead atoms. The van der Waals surface area contributed by atoms with Crippen LogP contribution in [0.15, 0.2) is 6.20 Å². The smallest absolute Gasteiger partial charge is 0.398 e. The summed E-state index contributed by atoms with van der Waals surface area (Å²) in [7, 11) is -1.14. The Labute approximate surface area is 139 Å². The number of halogens is 3. The predicted molar refractivity (Wildman–Crippen MR) is 81.8 cm³/mol. The van der Waals surface area contributed by atoms with E-state index in [1.807, 2.05) is 0 Å². The van der Waals surface area contributed by atoms with E-state index in [9.17, 15) is 13.2 Å². The summed E-state index contributed by atoms with van der Waals surface area (Å²) < 4.78 is 59.0. The van der Waals surface area contributed by atoms with E-state index in [2.05, 4.69) is 5.10 Å². The highest BCUT2D eigenvalue weighted by Gasteiger charge is 2.55. The number of hydrogen-bond donors (Lipinski definition) is 0. The molecule has 2 fully saturated rings. The lowest BCUT2D eigenvalue weighted by atomic mass is 9.81. The third kappa shape index (κ3) is 2.97. The second-order valence-electron chi connectivity index (χ2n) is 7.30. The molecule has 24 heavy (non-hydrogen) atoms. The van der Waals surface area contributed by atoms with Gasteiger partial charge < -0.3 is 14.0 Å². The van der Waals surface area contributed by atoms with Crippen molar-refractivity contribution in [2.75, 3.05) is 6.61 Å². The summed E-state index contributed by atoms with van der Waals surface area (Å²) in [5, 5.41) is 3.96. The number of hydrogen-bond acceptors (Lipinski definition) is 4. The zero-order valence-corrected chi connectivity index (χ0v) is 14.3. The summed E-state index contributed by atoms with van der Waals surface area (Å²) in [5.74, 6) is 0. The molecule has 1 atom stereocenters. The van der Waals surface area contributed by atoms with Gasteiger partial charge in [0.1, 0.15) is 6.23 Å². The number of ether oxygens (including phenoxy) is 1. The Balaban J connectivity index is 2.03. The van der Waals surface area contributed by atoms with Crippen molar-refractivity contribution < 1.29 is 27.2 Å². The van der Waals surface area contributed by atoms with Crippen LogP contribution in [0.1, 0.15) is 58.7 Å². The van der Waals surface area contributed by atoms with E-state index in [0.717, 1.165) is 19.0 Å². The third-order valence-electron chi connectivity index (χ3n) is 5.04. The molecule has 5 nitrogen and oxygen atoms in total. The fourth-order valence-corrected chi connectivity index (χ4v) is 2.93. The van der Waals surface area contributed by atoms with E-state index in [4.69, 9.17) is 14.0 Å². The van der Waals surface area contributed by atoms with Crippen LogP contribution in [0.4, 0.5) is 13.2 Å². The predicted octanol–water partition coefficient (Wildman–Crippen LogP) is 2.90. The van der Waals surface area contributed by atoms with Crippen molar-refractivity contribution >= 4 is 12.7 Å². The van der Waals surface area contributed by atoms with Crippen LogP contribution in [0.3, 0.4) is 0 Å². The molecule has 3 rings (SSSR count). The maximum Gasteiger partial charge on any atom is 0.514 e. The number of aromatic nitrogens is 2. The Hall–Kier alpha value is -1.06. The molecule has 2 saturated heterocycles. The minimum Gasteiger partial charge on any atom is -0.398 e. The fourth-order valence-electron chi connectivity index (χ4n) is 2.93. The lowest BCUT2D eigenvalue weighted by Crippen LogP contribution is -2.45. The lowest BCUT2D eigenvalue weighted by Gasteiger charge is -2.32. The molecule has 0 spiro atoms. The maximum absolute atomic E-state index is 13.5. The molecule has 134 valence electrons. The molecule has 2 aliphatic rings. The molecule has 1 unspecified atom stereocenters. The normalized spacial score (nSPS) is 26.8. The molecule has 0 N–H and O–H groups in total. The van der Waals surface area contributed by atoms with Gasteiger partial charge >= 0.3 is 13.3 Å². The van der Waals surface area contributed by atoms with Gasteiger partial charge in [-0.25, -0.2) is 4.68 Å². The van der Waals surface area contributed by atoms with Crippen molar-refractivity contribution in [3.8, 4) is 0 Å². The molecule has 0 radical (unpaired) electrons. The van der Waals surface area contributed by atoms with Crippen LogP contribution in [0.25, 0.3) is 0 Å². The SMILES string of the molecule is CC1(C)OB(c2c(C(F)(F)F)cnn2C2CCCCO2)OC1(C)C. The molecule has 2 aliphatic heterocycles. The maximum atomic E-state index is 13.5. The monoisotopic (exact) mass is 346 g/mol. The third-order valence-corrected chi connectivity index (χ3v) is 5.04. The van der Waals surface area contributed by atoms with Gasteiger partial charge in [0, 0.05) is 6.61 Å². The molecule has 1 aromatic heterocycles. The summed E-state index contributed by atoms with van der Waals surface area (Å²) in [6.45, 7) is 7.72. The summed E-state index contributed by atoms with van der Waals surface area (Å²) in [6, 6.07) is 0. The zero-order valence-electron chi connectivity index (χ0n) is 14.3. The second kappa shape index (κ2) is 5.74. The van der Waals surface area contributed by atoms with Crippen LogP contribution in [0.2, 0.25) is 0 Å². The first kappa shape index (κ1) is 17.8. The van der Waals surface area contributed by atoms with Gasteiger partial charge in [-0.1, -0.05) is 0 Å². The van der Waals surface area contributed by atoms with Crippen LogP contribution in [0, 0.1) is 0 Å². The van der Waals surface area contributed by atoms with Gasteiger partial charge in [0.2, 0.25) is 0 Å². The first-order valence-electron chi connectivity index (χ1n) is 8.15. The van der Waals surface area contributed by atoms with Crippen LogP contribution in [0.5, 0.6) is 0 Å². The van der Waals surface area contributed by atoms with E-state index >= 15 is 0 Å². The fraction of sp³-hybridized carbons (Fsp3) is 0.800. The standard InChI is InChI=1S/C15H22BF3N2O3/c1-13(2)14(3,4)24-16(23-13)12-10(15(17,18)19)9-20-21(12)11-7-5-6-8-22-11/h9,11H,5-8H2,1-4H3. The lowest BCUT2D eigenvalue weighted by molar-refractivity contribution is -0.137. The molecular weight excluding hydrogens is 324 g/mol. The van der Waals surface area contributed by atoms with Gasteiger partial charge in [0.25, 0.3) is 0 Å². The molecule has 0 aliphatic carbocycles. The Kier molecular flexibility index (Phi) is 4.25. The Bertz CT molecular complexity index is 594. The van der Waals surface area contributed by atoms with Gasteiger partial charge in [-0.15, -0.1) is 0 Å². The Morgan fingerprint density at radius 3 is 2.29 bits per heavy atom. The summed E-state index contributed by atoms with van der Waals surface area (Å²) in [5.41, 5.74) is -2.42. The van der Waals surface area contributed by atoms with Crippen molar-refractivity contribution in [3.05, 3.63) is 11.8 Å². The molecule has 3 heterocycles. The van der Waals surface area contributed by atoms with Gasteiger partial charge in [-0.05, 0) is 47.0 Å². The summed E-state index contributed by atoms with van der Waals surface area (Å²) in [4.78, 5) is 0. The molecule has 9 heteroatoms. The van der Waals surface area contributed by atoms with Gasteiger partial charge in [-0.2, -0.15) is 18.3 Å². The van der Waals surface area contributed by atoms with Crippen molar-refractivity contribution in [1.82, 2.24) is 9.78 Å². The number of alkyl halides is 3. The average molecular weight is 346 g/mol. The highest BCUT2D eigenvalue weighted by atomic mass is 19.4.